The van der Waals surface area contributed by atoms with Gasteiger partial charge in [0.25, 0.3) is 0 Å². The highest BCUT2D eigenvalue weighted by Crippen LogP contribution is 2.14. The Balaban J connectivity index is 0.00000256. The maximum atomic E-state index is 6.00. The number of nitrogens with zero attached hydrogens (tertiary/aromatic N) is 3. The second-order valence-corrected chi connectivity index (χ2v) is 4.83. The van der Waals surface area contributed by atoms with Crippen molar-refractivity contribution in [1.82, 2.24) is 9.80 Å². The maximum absolute atomic E-state index is 6.00. The fourth-order valence-electron chi connectivity index (χ4n) is 1.99. The fraction of sp³-hybridized carbons (Fsp3) is 0.917. The normalized spacial score (nSPS) is 21.5. The van der Waals surface area contributed by atoms with Gasteiger partial charge in [-0.2, -0.15) is 0 Å². The third kappa shape index (κ3) is 6.45. The summed E-state index contributed by atoms with van der Waals surface area (Å²) in [5, 5.41) is 0. The van der Waals surface area contributed by atoms with Crippen molar-refractivity contribution in [3.8, 4) is 0 Å². The van der Waals surface area contributed by atoms with Crippen molar-refractivity contribution in [3.05, 3.63) is 0 Å². The summed E-state index contributed by atoms with van der Waals surface area (Å²) in [6.45, 7) is 9.43. The molecule has 5 heteroatoms. The number of halogens is 1. The Kier molecular flexibility index (Phi) is 8.94. The maximum Gasteiger partial charge on any atom is 0.191 e. The van der Waals surface area contributed by atoms with Gasteiger partial charge in [0.2, 0.25) is 0 Å². The van der Waals surface area contributed by atoms with Gasteiger partial charge >= 0.3 is 0 Å². The van der Waals surface area contributed by atoms with Crippen LogP contribution in [0.3, 0.4) is 0 Å². The van der Waals surface area contributed by atoms with Crippen molar-refractivity contribution in [2.24, 2.45) is 16.6 Å². The van der Waals surface area contributed by atoms with Crippen LogP contribution in [0.1, 0.15) is 26.7 Å². The van der Waals surface area contributed by atoms with Gasteiger partial charge in [-0.05, 0) is 32.4 Å². The van der Waals surface area contributed by atoms with Crippen LogP contribution in [0.4, 0.5) is 0 Å². The lowest BCUT2D eigenvalue weighted by atomic mass is 10.0. The zero-order valence-corrected chi connectivity index (χ0v) is 13.7. The first-order valence-corrected chi connectivity index (χ1v) is 6.37. The van der Waals surface area contributed by atoms with E-state index < -0.39 is 0 Å². The summed E-state index contributed by atoms with van der Waals surface area (Å²) in [6, 6.07) is 0. The molecule has 1 heterocycles. The van der Waals surface area contributed by atoms with Gasteiger partial charge in [0.15, 0.2) is 5.96 Å². The molecule has 0 aromatic carbocycles. The van der Waals surface area contributed by atoms with Crippen LogP contribution in [-0.4, -0.2) is 55.5 Å². The highest BCUT2D eigenvalue weighted by atomic mass is 127. The van der Waals surface area contributed by atoms with E-state index in [0.29, 0.717) is 0 Å². The molecule has 17 heavy (non-hydrogen) atoms. The minimum absolute atomic E-state index is 0. The summed E-state index contributed by atoms with van der Waals surface area (Å²) in [5.41, 5.74) is 6.00. The van der Waals surface area contributed by atoms with Gasteiger partial charge in [0.1, 0.15) is 0 Å². The number of hydrogen-bond acceptors (Lipinski definition) is 2. The number of hydrogen-bond donors (Lipinski definition) is 1. The number of nitrogens with two attached hydrogens (primary N) is 1. The largest absolute Gasteiger partial charge is 0.370 e. The molecule has 0 saturated carbocycles. The van der Waals surface area contributed by atoms with Crippen LogP contribution >= 0.6 is 24.0 Å². The molecule has 1 rings (SSSR count). The van der Waals surface area contributed by atoms with Crippen LogP contribution in [0.15, 0.2) is 4.99 Å². The molecule has 0 aromatic heterocycles. The smallest absolute Gasteiger partial charge is 0.191 e. The van der Waals surface area contributed by atoms with Gasteiger partial charge in [-0.3, -0.25) is 4.99 Å². The van der Waals surface area contributed by atoms with Crippen LogP contribution in [0, 0.1) is 5.92 Å². The van der Waals surface area contributed by atoms with Crippen LogP contribution in [0.2, 0.25) is 0 Å². The Morgan fingerprint density at radius 2 is 2.24 bits per heavy atom. The lowest BCUT2D eigenvalue weighted by Gasteiger charge is -2.31. The fourth-order valence-corrected chi connectivity index (χ4v) is 1.99. The van der Waals surface area contributed by atoms with E-state index in [9.17, 15) is 0 Å². The number of aliphatic imine (C=N–C) groups is 1. The van der Waals surface area contributed by atoms with E-state index in [0.717, 1.165) is 44.6 Å². The average molecular weight is 354 g/mol. The Hall–Kier alpha value is -0.0400. The van der Waals surface area contributed by atoms with Crippen LogP contribution in [0.25, 0.3) is 0 Å². The summed E-state index contributed by atoms with van der Waals surface area (Å²) in [6.07, 6.45) is 2.56. The Bertz CT molecular complexity index is 233. The molecule has 1 atom stereocenters. The predicted molar refractivity (Wildman–Crippen MR) is 85.0 cm³/mol. The molecule has 1 fully saturated rings. The molecule has 4 nitrogen and oxygen atoms in total. The third-order valence-electron chi connectivity index (χ3n) is 3.28. The quantitative estimate of drug-likeness (QED) is 0.474. The molecule has 1 saturated heterocycles. The van der Waals surface area contributed by atoms with Gasteiger partial charge in [0.05, 0.1) is 6.54 Å². The van der Waals surface area contributed by atoms with Crippen LogP contribution < -0.4 is 5.73 Å². The second-order valence-electron chi connectivity index (χ2n) is 4.83. The van der Waals surface area contributed by atoms with E-state index in [1.807, 2.05) is 0 Å². The van der Waals surface area contributed by atoms with Crippen LogP contribution in [-0.2, 0) is 0 Å². The molecule has 1 aliphatic heterocycles. The number of likely N-dealkylation sites (N-methyl/N-ethyl adjacent to an activating group) is 1. The van der Waals surface area contributed by atoms with Crippen molar-refractivity contribution >= 4 is 29.9 Å². The number of likely N-dealkylation sites (tertiary alicyclic amines) is 1. The standard InChI is InChI=1S/C12H26N4.HI/c1-4-15(3)9-7-14-12(13)16-8-5-6-11(2)10-16;/h11H,4-10H2,1-3H3,(H2,13,14);1H. The van der Waals surface area contributed by atoms with E-state index in [1.54, 1.807) is 0 Å². The lowest BCUT2D eigenvalue weighted by molar-refractivity contribution is 0.269. The SMILES string of the molecule is CCN(C)CCN=C(N)N1CCCC(C)C1.I. The molecule has 0 amide bonds. The van der Waals surface area contributed by atoms with Crippen molar-refractivity contribution in [2.75, 3.05) is 39.8 Å². The van der Waals surface area contributed by atoms with Gasteiger partial charge in [-0.1, -0.05) is 13.8 Å². The highest BCUT2D eigenvalue weighted by Gasteiger charge is 2.17. The average Bonchev–Trinajstić information content (AvgIpc) is 2.28. The molecule has 2 N–H and O–H groups in total. The Morgan fingerprint density at radius 1 is 1.53 bits per heavy atom. The third-order valence-corrected chi connectivity index (χ3v) is 3.28. The summed E-state index contributed by atoms with van der Waals surface area (Å²) in [4.78, 5) is 8.92. The second kappa shape index (κ2) is 8.97. The molecule has 0 bridgehead atoms. The summed E-state index contributed by atoms with van der Waals surface area (Å²) >= 11 is 0. The van der Waals surface area contributed by atoms with Crippen molar-refractivity contribution in [3.63, 3.8) is 0 Å². The van der Waals surface area contributed by atoms with Crippen molar-refractivity contribution < 1.29 is 0 Å². The number of piperidine rings is 1. The van der Waals surface area contributed by atoms with E-state index >= 15 is 0 Å². The zero-order chi connectivity index (χ0) is 12.0. The predicted octanol–water partition coefficient (Wildman–Crippen LogP) is 1.60. The van der Waals surface area contributed by atoms with Gasteiger partial charge in [0, 0.05) is 19.6 Å². The molecule has 1 aliphatic rings. The molecular formula is C12H27IN4. The van der Waals surface area contributed by atoms with E-state index in [2.05, 4.69) is 35.7 Å². The summed E-state index contributed by atoms with van der Waals surface area (Å²) in [7, 11) is 2.11. The molecule has 0 spiro atoms. The highest BCUT2D eigenvalue weighted by molar-refractivity contribution is 14.0. The molecule has 102 valence electrons. The molecule has 0 radical (unpaired) electrons. The first-order chi connectivity index (χ1) is 7.63. The monoisotopic (exact) mass is 354 g/mol. The first-order valence-electron chi connectivity index (χ1n) is 6.37. The molecule has 0 aliphatic carbocycles. The Morgan fingerprint density at radius 3 is 2.82 bits per heavy atom. The van der Waals surface area contributed by atoms with Crippen molar-refractivity contribution in [2.45, 2.75) is 26.7 Å². The first kappa shape index (κ1) is 17.0. The van der Waals surface area contributed by atoms with Gasteiger partial charge < -0.3 is 15.5 Å². The van der Waals surface area contributed by atoms with E-state index in [4.69, 9.17) is 5.73 Å². The lowest BCUT2D eigenvalue weighted by Crippen LogP contribution is -2.43. The number of rotatable bonds is 4. The van der Waals surface area contributed by atoms with Gasteiger partial charge in [-0.25, -0.2) is 0 Å². The topological polar surface area (TPSA) is 44.9 Å². The number of guanidine groups is 1. The minimum atomic E-state index is 0. The summed E-state index contributed by atoms with van der Waals surface area (Å²) < 4.78 is 0. The zero-order valence-electron chi connectivity index (χ0n) is 11.4. The summed E-state index contributed by atoms with van der Waals surface area (Å²) in [5.74, 6) is 1.48. The minimum Gasteiger partial charge on any atom is -0.370 e. The molecular weight excluding hydrogens is 327 g/mol. The molecule has 1 unspecified atom stereocenters. The van der Waals surface area contributed by atoms with E-state index in [1.165, 1.54) is 12.8 Å². The Labute approximate surface area is 123 Å². The molecule has 0 aromatic rings. The van der Waals surface area contributed by atoms with E-state index in [-0.39, 0.29) is 24.0 Å². The van der Waals surface area contributed by atoms with Crippen LogP contribution in [0.5, 0.6) is 0 Å². The van der Waals surface area contributed by atoms with Crippen molar-refractivity contribution in [1.29, 1.82) is 0 Å². The van der Waals surface area contributed by atoms with Gasteiger partial charge in [-0.15, -0.1) is 24.0 Å².